The van der Waals surface area contributed by atoms with Gasteiger partial charge in [0, 0.05) is 25.7 Å². The molecule has 1 fully saturated rings. The molecule has 3 aromatic rings. The SMILES string of the molecule is Cn1ncc(C#N)c1-c1cc(OC2CN(C(=O)N3N=CCC3c3cc(F)cc(C#N)c3)C2)c(F)cn1. The van der Waals surface area contributed by atoms with E-state index in [2.05, 4.69) is 15.2 Å². The lowest BCUT2D eigenvalue weighted by molar-refractivity contribution is 0.0257. The van der Waals surface area contributed by atoms with Gasteiger partial charge < -0.3 is 9.64 Å². The topological polar surface area (TPSA) is 123 Å². The number of halogens is 2. The average molecular weight is 488 g/mol. The standard InChI is InChI=1S/C24H18F2N8O2/c1-32-23(16(9-28)10-31-32)20-7-22(19(26)11-29-20)36-18-12-33(13-18)24(35)34-21(2-3-30-34)15-4-14(8-27)5-17(25)6-15/h3-7,10-11,18,21H,2,12-13H2,1H3. The quantitative estimate of drug-likeness (QED) is 0.556. The number of nitriles is 2. The molecule has 0 spiro atoms. The molecule has 36 heavy (non-hydrogen) atoms. The largest absolute Gasteiger partial charge is 0.483 e. The number of aryl methyl sites for hydroxylation is 1. The number of hydrogen-bond donors (Lipinski definition) is 0. The van der Waals surface area contributed by atoms with Crippen LogP contribution in [0.2, 0.25) is 0 Å². The Labute approximate surface area is 204 Å². The smallest absolute Gasteiger partial charge is 0.341 e. The molecule has 2 aliphatic heterocycles. The van der Waals surface area contributed by atoms with E-state index < -0.39 is 29.8 Å². The fourth-order valence-electron chi connectivity index (χ4n) is 4.20. The summed E-state index contributed by atoms with van der Waals surface area (Å²) < 4.78 is 35.6. The van der Waals surface area contributed by atoms with E-state index >= 15 is 0 Å². The Balaban J connectivity index is 1.26. The molecular formula is C24H18F2N8O2. The fourth-order valence-corrected chi connectivity index (χ4v) is 4.20. The maximum atomic E-state index is 14.4. The van der Waals surface area contributed by atoms with Gasteiger partial charge in [-0.15, -0.1) is 0 Å². The van der Waals surface area contributed by atoms with E-state index in [1.54, 1.807) is 13.3 Å². The first-order chi connectivity index (χ1) is 17.4. The van der Waals surface area contributed by atoms with Crippen LogP contribution in [0.4, 0.5) is 13.6 Å². The van der Waals surface area contributed by atoms with Crippen LogP contribution in [0.5, 0.6) is 5.75 Å². The van der Waals surface area contributed by atoms with Gasteiger partial charge in [-0.2, -0.15) is 20.7 Å². The van der Waals surface area contributed by atoms with Crippen LogP contribution in [0, 0.1) is 34.3 Å². The highest BCUT2D eigenvalue weighted by Crippen LogP contribution is 2.32. The van der Waals surface area contributed by atoms with Crippen LogP contribution in [-0.2, 0) is 7.05 Å². The normalized spacial score (nSPS) is 17.0. The Morgan fingerprint density at radius 1 is 1.14 bits per heavy atom. The predicted octanol–water partition coefficient (Wildman–Crippen LogP) is 3.12. The molecule has 1 aromatic carbocycles. The zero-order valence-corrected chi connectivity index (χ0v) is 19.0. The van der Waals surface area contributed by atoms with E-state index in [0.717, 1.165) is 12.3 Å². The Hall–Kier alpha value is -4.84. The van der Waals surface area contributed by atoms with Crippen molar-refractivity contribution in [1.29, 1.82) is 10.5 Å². The third-order valence-corrected chi connectivity index (χ3v) is 5.99. The molecule has 0 radical (unpaired) electrons. The third-order valence-electron chi connectivity index (χ3n) is 5.99. The Morgan fingerprint density at radius 2 is 1.94 bits per heavy atom. The first-order valence-corrected chi connectivity index (χ1v) is 10.9. The lowest BCUT2D eigenvalue weighted by Gasteiger charge is -2.41. The summed E-state index contributed by atoms with van der Waals surface area (Å²) in [7, 11) is 1.65. The zero-order chi connectivity index (χ0) is 25.4. The first kappa shape index (κ1) is 22.9. The molecule has 5 rings (SSSR count). The van der Waals surface area contributed by atoms with Crippen LogP contribution in [0.1, 0.15) is 29.2 Å². The van der Waals surface area contributed by atoms with Crippen molar-refractivity contribution in [2.75, 3.05) is 13.1 Å². The van der Waals surface area contributed by atoms with Gasteiger partial charge in [-0.3, -0.25) is 9.67 Å². The highest BCUT2D eigenvalue weighted by molar-refractivity contribution is 5.79. The number of carbonyl (C=O) groups is 1. The molecule has 0 N–H and O–H groups in total. The van der Waals surface area contributed by atoms with Crippen molar-refractivity contribution in [3.8, 4) is 29.3 Å². The maximum Gasteiger partial charge on any atom is 0.341 e. The number of urea groups is 1. The van der Waals surface area contributed by atoms with Gasteiger partial charge in [-0.1, -0.05) is 0 Å². The van der Waals surface area contributed by atoms with Gasteiger partial charge in [-0.05, 0) is 23.8 Å². The fraction of sp³-hybridized carbons (Fsp3) is 0.250. The van der Waals surface area contributed by atoms with Crippen LogP contribution in [0.15, 0.2) is 41.8 Å². The number of carbonyl (C=O) groups excluding carboxylic acids is 1. The monoisotopic (exact) mass is 488 g/mol. The number of rotatable bonds is 4. The lowest BCUT2D eigenvalue weighted by Crippen LogP contribution is -2.58. The number of pyridine rings is 1. The van der Waals surface area contributed by atoms with Gasteiger partial charge in [0.05, 0.1) is 54.4 Å². The number of benzene rings is 1. The molecular weight excluding hydrogens is 470 g/mol. The van der Waals surface area contributed by atoms with E-state index in [4.69, 9.17) is 10.00 Å². The van der Waals surface area contributed by atoms with Gasteiger partial charge in [-0.25, -0.2) is 18.6 Å². The van der Waals surface area contributed by atoms with Gasteiger partial charge >= 0.3 is 6.03 Å². The molecule has 1 unspecified atom stereocenters. The second-order valence-corrected chi connectivity index (χ2v) is 8.35. The van der Waals surface area contributed by atoms with Gasteiger partial charge in [0.2, 0.25) is 0 Å². The van der Waals surface area contributed by atoms with E-state index in [1.165, 1.54) is 39.0 Å². The summed E-state index contributed by atoms with van der Waals surface area (Å²) in [5, 5.41) is 27.8. The predicted molar refractivity (Wildman–Crippen MR) is 121 cm³/mol. The van der Waals surface area contributed by atoms with Crippen molar-refractivity contribution < 1.29 is 18.3 Å². The highest BCUT2D eigenvalue weighted by Gasteiger charge is 2.39. The van der Waals surface area contributed by atoms with Crippen LogP contribution in [0.25, 0.3) is 11.4 Å². The molecule has 0 aliphatic carbocycles. The van der Waals surface area contributed by atoms with Crippen molar-refractivity contribution in [2.24, 2.45) is 12.1 Å². The molecule has 2 aromatic heterocycles. The summed E-state index contributed by atoms with van der Waals surface area (Å²) >= 11 is 0. The van der Waals surface area contributed by atoms with Crippen molar-refractivity contribution >= 4 is 12.2 Å². The molecule has 0 bridgehead atoms. The Kier molecular flexibility index (Phi) is 5.78. The minimum atomic E-state index is -0.673. The lowest BCUT2D eigenvalue weighted by atomic mass is 10.0. The molecule has 1 saturated heterocycles. The van der Waals surface area contributed by atoms with Crippen LogP contribution in [-0.4, -0.2) is 56.1 Å². The van der Waals surface area contributed by atoms with Gasteiger partial charge in [0.1, 0.15) is 23.7 Å². The summed E-state index contributed by atoms with van der Waals surface area (Å²) in [5.41, 5.74) is 1.69. The summed E-state index contributed by atoms with van der Waals surface area (Å²) in [5.74, 6) is -1.29. The van der Waals surface area contributed by atoms with E-state index in [-0.39, 0.29) is 24.4 Å². The Bertz CT molecular complexity index is 1470. The third kappa shape index (κ3) is 4.09. The minimum Gasteiger partial charge on any atom is -0.483 e. The maximum absolute atomic E-state index is 14.4. The second kappa shape index (κ2) is 9.07. The summed E-state index contributed by atoms with van der Waals surface area (Å²) in [6.07, 6.45) is 3.89. The molecule has 12 heteroatoms. The summed E-state index contributed by atoms with van der Waals surface area (Å²) in [4.78, 5) is 18.6. The first-order valence-electron chi connectivity index (χ1n) is 10.9. The summed E-state index contributed by atoms with van der Waals surface area (Å²) in [6.45, 7) is 0.382. The van der Waals surface area contributed by atoms with Crippen molar-refractivity contribution in [1.82, 2.24) is 24.7 Å². The molecule has 2 aliphatic rings. The van der Waals surface area contributed by atoms with Crippen LogP contribution in [0.3, 0.4) is 0 Å². The number of aromatic nitrogens is 3. The Morgan fingerprint density at radius 3 is 2.69 bits per heavy atom. The van der Waals surface area contributed by atoms with Gasteiger partial charge in [0.25, 0.3) is 0 Å². The minimum absolute atomic E-state index is 0.0527. The number of amides is 2. The van der Waals surface area contributed by atoms with E-state index in [1.807, 2.05) is 12.1 Å². The average Bonchev–Trinajstić information content (AvgIpc) is 3.48. The zero-order valence-electron chi connectivity index (χ0n) is 19.0. The second-order valence-electron chi connectivity index (χ2n) is 8.35. The molecule has 180 valence electrons. The number of hydrazone groups is 1. The van der Waals surface area contributed by atoms with Crippen molar-refractivity contribution in [3.63, 3.8) is 0 Å². The number of hydrogen-bond acceptors (Lipinski definition) is 7. The van der Waals surface area contributed by atoms with Crippen LogP contribution < -0.4 is 4.74 Å². The molecule has 1 atom stereocenters. The van der Waals surface area contributed by atoms with E-state index in [9.17, 15) is 18.8 Å². The van der Waals surface area contributed by atoms with Crippen molar-refractivity contribution in [3.05, 3.63) is 65.0 Å². The molecule has 10 nitrogen and oxygen atoms in total. The van der Waals surface area contributed by atoms with Gasteiger partial charge in [0.15, 0.2) is 11.6 Å². The molecule has 2 amide bonds. The number of likely N-dealkylation sites (tertiary alicyclic amines) is 1. The van der Waals surface area contributed by atoms with Crippen molar-refractivity contribution in [2.45, 2.75) is 18.6 Å². The summed E-state index contributed by atoms with van der Waals surface area (Å²) in [6, 6.07) is 8.35. The number of ether oxygens (including phenoxy) is 1. The van der Waals surface area contributed by atoms with Crippen LogP contribution >= 0.6 is 0 Å². The molecule has 4 heterocycles. The molecule has 0 saturated carbocycles. The highest BCUT2D eigenvalue weighted by atomic mass is 19.1. The van der Waals surface area contributed by atoms with E-state index in [0.29, 0.717) is 28.9 Å². The number of nitrogens with zero attached hydrogens (tertiary/aromatic N) is 8.